The van der Waals surface area contributed by atoms with Crippen molar-refractivity contribution in [3.8, 4) is 11.3 Å². The number of carbonyl (C=O) groups excluding carboxylic acids is 1. The first-order valence-corrected chi connectivity index (χ1v) is 10.8. The van der Waals surface area contributed by atoms with Gasteiger partial charge in [-0.15, -0.1) is 11.3 Å². The Morgan fingerprint density at radius 3 is 2.77 bits per heavy atom. The van der Waals surface area contributed by atoms with Crippen molar-refractivity contribution in [2.45, 2.75) is 19.5 Å². The number of aromatic amines is 1. The van der Waals surface area contributed by atoms with Gasteiger partial charge in [-0.05, 0) is 29.8 Å². The molecule has 1 aliphatic heterocycles. The lowest BCUT2D eigenvalue weighted by atomic mass is 10.1. The van der Waals surface area contributed by atoms with Crippen LogP contribution in [0.5, 0.6) is 0 Å². The van der Waals surface area contributed by atoms with Crippen LogP contribution in [0.15, 0.2) is 60.8 Å². The number of nitrogens with zero attached hydrogens (tertiary/aromatic N) is 3. The number of aromatic nitrogens is 3. The Morgan fingerprint density at radius 2 is 1.97 bits per heavy atom. The van der Waals surface area contributed by atoms with E-state index in [9.17, 15) is 9.18 Å². The fourth-order valence-corrected chi connectivity index (χ4v) is 4.78. The highest BCUT2D eigenvalue weighted by Crippen LogP contribution is 2.30. The van der Waals surface area contributed by atoms with Gasteiger partial charge in [-0.2, -0.15) is 5.10 Å². The van der Waals surface area contributed by atoms with Gasteiger partial charge in [-0.25, -0.2) is 9.37 Å². The molecule has 2 N–H and O–H groups in total. The largest absolute Gasteiger partial charge is 0.298 e. The van der Waals surface area contributed by atoms with Gasteiger partial charge >= 0.3 is 0 Å². The van der Waals surface area contributed by atoms with Crippen LogP contribution in [0.3, 0.4) is 0 Å². The van der Waals surface area contributed by atoms with Gasteiger partial charge in [0.15, 0.2) is 5.13 Å². The zero-order chi connectivity index (χ0) is 21.2. The van der Waals surface area contributed by atoms with E-state index in [2.05, 4.69) is 49.7 Å². The second kappa shape index (κ2) is 8.41. The predicted molar refractivity (Wildman–Crippen MR) is 118 cm³/mol. The van der Waals surface area contributed by atoms with Crippen LogP contribution in [0, 0.1) is 5.82 Å². The van der Waals surface area contributed by atoms with E-state index in [0.29, 0.717) is 22.0 Å². The summed E-state index contributed by atoms with van der Waals surface area (Å²) in [4.78, 5) is 21.1. The Kier molecular flexibility index (Phi) is 5.31. The van der Waals surface area contributed by atoms with Gasteiger partial charge in [0.2, 0.25) is 0 Å². The molecule has 0 bridgehead atoms. The van der Waals surface area contributed by atoms with Gasteiger partial charge in [-0.1, -0.05) is 30.3 Å². The number of H-pyrrole nitrogens is 1. The number of benzene rings is 2. The van der Waals surface area contributed by atoms with E-state index in [1.165, 1.54) is 40.1 Å². The molecule has 2 aromatic carbocycles. The third-order valence-corrected chi connectivity index (χ3v) is 6.29. The first kappa shape index (κ1) is 19.6. The maximum atomic E-state index is 13.2. The number of halogens is 1. The van der Waals surface area contributed by atoms with Crippen molar-refractivity contribution in [3.63, 3.8) is 0 Å². The van der Waals surface area contributed by atoms with Gasteiger partial charge in [-0.3, -0.25) is 20.1 Å². The molecule has 5 rings (SSSR count). The first-order chi connectivity index (χ1) is 15.2. The van der Waals surface area contributed by atoms with E-state index in [4.69, 9.17) is 0 Å². The topological polar surface area (TPSA) is 73.9 Å². The Labute approximate surface area is 182 Å². The average Bonchev–Trinajstić information content (AvgIpc) is 3.41. The number of hydrogen-bond donors (Lipinski definition) is 2. The Hall–Kier alpha value is -3.36. The Balaban J connectivity index is 1.29. The van der Waals surface area contributed by atoms with Crippen molar-refractivity contribution < 1.29 is 9.18 Å². The number of thiazole rings is 1. The Morgan fingerprint density at radius 1 is 1.16 bits per heavy atom. The molecule has 156 valence electrons. The lowest BCUT2D eigenvalue weighted by Gasteiger charge is -2.25. The van der Waals surface area contributed by atoms with E-state index in [1.807, 2.05) is 6.07 Å². The van der Waals surface area contributed by atoms with Crippen molar-refractivity contribution >= 4 is 22.4 Å². The predicted octanol–water partition coefficient (Wildman–Crippen LogP) is 4.48. The molecule has 0 unspecified atom stereocenters. The number of nitrogens with one attached hydrogen (secondary N) is 2. The number of rotatable bonds is 5. The highest BCUT2D eigenvalue weighted by molar-refractivity contribution is 7.15. The van der Waals surface area contributed by atoms with Crippen molar-refractivity contribution in [2.24, 2.45) is 0 Å². The van der Waals surface area contributed by atoms with Crippen LogP contribution in [0.4, 0.5) is 9.52 Å². The fourth-order valence-electron chi connectivity index (χ4n) is 3.74. The fraction of sp³-hybridized carbons (Fsp3) is 0.174. The van der Waals surface area contributed by atoms with Crippen molar-refractivity contribution in [1.82, 2.24) is 20.1 Å². The SMILES string of the molecule is O=C(Nc1nc2c(s1)CN(Cc1ccccc1)CC2)c1cn[nH]c1-c1ccc(F)cc1. The van der Waals surface area contributed by atoms with Gasteiger partial charge in [0.05, 0.1) is 23.1 Å². The molecule has 3 heterocycles. The summed E-state index contributed by atoms with van der Waals surface area (Å²) in [6.07, 6.45) is 2.34. The van der Waals surface area contributed by atoms with Gasteiger partial charge < -0.3 is 0 Å². The molecule has 0 spiro atoms. The number of carbonyl (C=O) groups is 1. The molecule has 4 aromatic rings. The molecule has 0 saturated heterocycles. The summed E-state index contributed by atoms with van der Waals surface area (Å²) in [5, 5.41) is 10.3. The second-order valence-electron chi connectivity index (χ2n) is 7.45. The number of anilines is 1. The molecule has 6 nitrogen and oxygen atoms in total. The molecule has 2 aromatic heterocycles. The lowest BCUT2D eigenvalue weighted by Crippen LogP contribution is -2.29. The van der Waals surface area contributed by atoms with Crippen LogP contribution in [-0.2, 0) is 19.5 Å². The summed E-state index contributed by atoms with van der Waals surface area (Å²) in [6.45, 7) is 2.66. The van der Waals surface area contributed by atoms with Crippen LogP contribution in [-0.4, -0.2) is 32.5 Å². The zero-order valence-electron chi connectivity index (χ0n) is 16.6. The smallest absolute Gasteiger partial charge is 0.261 e. The molecule has 1 amide bonds. The summed E-state index contributed by atoms with van der Waals surface area (Å²) in [5.74, 6) is -0.621. The molecular weight excluding hydrogens is 413 g/mol. The van der Waals surface area contributed by atoms with Crippen LogP contribution < -0.4 is 5.32 Å². The van der Waals surface area contributed by atoms with Crippen molar-refractivity contribution in [2.75, 3.05) is 11.9 Å². The summed E-state index contributed by atoms with van der Waals surface area (Å²) < 4.78 is 13.2. The monoisotopic (exact) mass is 433 g/mol. The van der Waals surface area contributed by atoms with Crippen molar-refractivity contribution in [3.05, 3.63) is 88.3 Å². The number of fused-ring (bicyclic) bond motifs is 1. The van der Waals surface area contributed by atoms with Crippen LogP contribution in [0.1, 0.15) is 26.5 Å². The molecule has 8 heteroatoms. The minimum atomic E-state index is -0.330. The zero-order valence-corrected chi connectivity index (χ0v) is 17.5. The summed E-state index contributed by atoms with van der Waals surface area (Å²) in [6, 6.07) is 16.3. The van der Waals surface area contributed by atoms with Gasteiger partial charge in [0, 0.05) is 36.5 Å². The summed E-state index contributed by atoms with van der Waals surface area (Å²) in [7, 11) is 0. The van der Waals surface area contributed by atoms with E-state index in [0.717, 1.165) is 31.7 Å². The highest BCUT2D eigenvalue weighted by Gasteiger charge is 2.23. The van der Waals surface area contributed by atoms with E-state index >= 15 is 0 Å². The molecule has 0 radical (unpaired) electrons. The summed E-state index contributed by atoms with van der Waals surface area (Å²) in [5.41, 5.74) is 3.98. The van der Waals surface area contributed by atoms with Crippen molar-refractivity contribution in [1.29, 1.82) is 0 Å². The van der Waals surface area contributed by atoms with Crippen LogP contribution in [0.2, 0.25) is 0 Å². The molecule has 0 saturated carbocycles. The molecule has 0 atom stereocenters. The minimum absolute atomic E-state index is 0.291. The standard InChI is InChI=1S/C23H20FN5OS/c24-17-8-6-16(7-9-17)21-18(12-25-28-21)22(30)27-23-26-19-10-11-29(14-20(19)31-23)13-15-4-2-1-3-5-15/h1-9,12H,10-11,13-14H2,(H,25,28)(H,26,27,30). The lowest BCUT2D eigenvalue weighted by molar-refractivity contribution is 0.102. The first-order valence-electron chi connectivity index (χ1n) is 10.0. The van der Waals surface area contributed by atoms with Crippen LogP contribution in [0.25, 0.3) is 11.3 Å². The van der Waals surface area contributed by atoms with Gasteiger partial charge in [0.1, 0.15) is 5.82 Å². The Bertz CT molecular complexity index is 1200. The van der Waals surface area contributed by atoms with E-state index in [-0.39, 0.29) is 11.7 Å². The average molecular weight is 434 g/mol. The minimum Gasteiger partial charge on any atom is -0.298 e. The van der Waals surface area contributed by atoms with Crippen LogP contribution >= 0.6 is 11.3 Å². The quantitative estimate of drug-likeness (QED) is 0.487. The maximum Gasteiger partial charge on any atom is 0.261 e. The van der Waals surface area contributed by atoms with Gasteiger partial charge in [0.25, 0.3) is 5.91 Å². The van der Waals surface area contributed by atoms with E-state index < -0.39 is 0 Å². The van der Waals surface area contributed by atoms with E-state index in [1.54, 1.807) is 12.1 Å². The third kappa shape index (κ3) is 4.26. The summed E-state index contributed by atoms with van der Waals surface area (Å²) >= 11 is 1.51. The number of amides is 1. The maximum absolute atomic E-state index is 13.2. The molecular formula is C23H20FN5OS. The molecule has 0 aliphatic carbocycles. The highest BCUT2D eigenvalue weighted by atomic mass is 32.1. The molecule has 31 heavy (non-hydrogen) atoms. The molecule has 1 aliphatic rings. The third-order valence-electron chi connectivity index (χ3n) is 5.30. The number of hydrogen-bond acceptors (Lipinski definition) is 5. The molecule has 0 fully saturated rings. The second-order valence-corrected chi connectivity index (χ2v) is 8.54. The normalized spacial score (nSPS) is 13.7.